The molecule has 102 valence electrons. The van der Waals surface area contributed by atoms with E-state index in [0.717, 1.165) is 35.6 Å². The van der Waals surface area contributed by atoms with Crippen LogP contribution < -0.4 is 5.32 Å². The molecule has 2 aromatic heterocycles. The number of hydrogen-bond acceptors (Lipinski definition) is 5. The summed E-state index contributed by atoms with van der Waals surface area (Å²) in [4.78, 5) is 10.7. The smallest absolute Gasteiger partial charge is 0.225 e. The van der Waals surface area contributed by atoms with E-state index < -0.39 is 0 Å². The van der Waals surface area contributed by atoms with Crippen molar-refractivity contribution in [3.8, 4) is 0 Å². The van der Waals surface area contributed by atoms with Gasteiger partial charge in [-0.2, -0.15) is 0 Å². The molecule has 4 nitrogen and oxygen atoms in total. The van der Waals surface area contributed by atoms with Crippen molar-refractivity contribution in [2.75, 3.05) is 18.5 Å². The Morgan fingerprint density at radius 2 is 2.37 bits per heavy atom. The minimum Gasteiger partial charge on any atom is -0.376 e. The lowest BCUT2D eigenvalue weighted by Gasteiger charge is -2.23. The molecule has 2 aromatic rings. The zero-order valence-electron chi connectivity index (χ0n) is 10.8. The molecule has 19 heavy (non-hydrogen) atoms. The summed E-state index contributed by atoms with van der Waals surface area (Å²) in [6.45, 7) is 3.70. The molecule has 1 saturated heterocycles. The van der Waals surface area contributed by atoms with Crippen LogP contribution in [-0.4, -0.2) is 29.2 Å². The molecule has 0 aromatic carbocycles. The maximum absolute atomic E-state index is 5.97. The van der Waals surface area contributed by atoms with Crippen LogP contribution in [0.1, 0.15) is 24.1 Å². The summed E-state index contributed by atoms with van der Waals surface area (Å²) in [6.07, 6.45) is 3.79. The number of nitrogens with one attached hydrogen (secondary N) is 1. The molecule has 0 amide bonds. The molecule has 1 atom stereocenters. The standard InChI is InChI=1S/C13H16ClN3OS/c1-8-6-10-11(16-13(14)17-12(10)19-8)15-7-9-4-2-3-5-18-9/h6,9H,2-5,7H2,1H3,(H,15,16,17). The first kappa shape index (κ1) is 13.1. The Labute approximate surface area is 121 Å². The average Bonchev–Trinajstić information content (AvgIpc) is 2.77. The van der Waals surface area contributed by atoms with E-state index in [4.69, 9.17) is 16.3 Å². The maximum Gasteiger partial charge on any atom is 0.225 e. The summed E-state index contributed by atoms with van der Waals surface area (Å²) >= 11 is 7.60. The highest BCUT2D eigenvalue weighted by Gasteiger charge is 2.15. The number of hydrogen-bond donors (Lipinski definition) is 1. The Balaban J connectivity index is 1.79. The van der Waals surface area contributed by atoms with Gasteiger partial charge in [-0.25, -0.2) is 9.97 Å². The van der Waals surface area contributed by atoms with Gasteiger partial charge in [0.1, 0.15) is 10.6 Å². The summed E-state index contributed by atoms with van der Waals surface area (Å²) in [5.41, 5.74) is 0. The Morgan fingerprint density at radius 1 is 1.47 bits per heavy atom. The fourth-order valence-electron chi connectivity index (χ4n) is 2.33. The minimum atomic E-state index is 0.275. The van der Waals surface area contributed by atoms with Gasteiger partial charge in [0, 0.05) is 18.0 Å². The van der Waals surface area contributed by atoms with Crippen LogP contribution in [0.2, 0.25) is 5.28 Å². The average molecular weight is 298 g/mol. The van der Waals surface area contributed by atoms with Gasteiger partial charge < -0.3 is 10.1 Å². The summed E-state index contributed by atoms with van der Waals surface area (Å²) in [6, 6.07) is 2.10. The molecule has 6 heteroatoms. The fourth-order valence-corrected chi connectivity index (χ4v) is 3.43. The molecule has 1 fully saturated rings. The topological polar surface area (TPSA) is 47.0 Å². The normalized spacial score (nSPS) is 19.8. The number of ether oxygens (including phenoxy) is 1. The number of aryl methyl sites for hydroxylation is 1. The van der Waals surface area contributed by atoms with E-state index in [9.17, 15) is 0 Å². The number of thiophene rings is 1. The lowest BCUT2D eigenvalue weighted by atomic mass is 10.1. The summed E-state index contributed by atoms with van der Waals surface area (Å²) < 4.78 is 5.71. The van der Waals surface area contributed by atoms with Gasteiger partial charge in [0.2, 0.25) is 5.28 Å². The highest BCUT2D eigenvalue weighted by molar-refractivity contribution is 7.18. The van der Waals surface area contributed by atoms with Gasteiger partial charge in [0.25, 0.3) is 0 Å². The van der Waals surface area contributed by atoms with Crippen LogP contribution in [0.25, 0.3) is 10.2 Å². The predicted octanol–water partition coefficient (Wildman–Crippen LogP) is 3.63. The van der Waals surface area contributed by atoms with Gasteiger partial charge in [-0.3, -0.25) is 0 Å². The van der Waals surface area contributed by atoms with Crippen molar-refractivity contribution in [3.63, 3.8) is 0 Å². The van der Waals surface area contributed by atoms with Crippen molar-refractivity contribution in [1.29, 1.82) is 0 Å². The quantitative estimate of drug-likeness (QED) is 0.879. The van der Waals surface area contributed by atoms with Crippen molar-refractivity contribution in [3.05, 3.63) is 16.2 Å². The van der Waals surface area contributed by atoms with Crippen LogP contribution in [0.3, 0.4) is 0 Å². The summed E-state index contributed by atoms with van der Waals surface area (Å²) in [7, 11) is 0. The number of anilines is 1. The van der Waals surface area contributed by atoms with Crippen molar-refractivity contribution in [2.24, 2.45) is 0 Å². The third-order valence-corrected chi connectivity index (χ3v) is 4.37. The first-order valence-corrected chi connectivity index (χ1v) is 7.71. The first-order valence-electron chi connectivity index (χ1n) is 6.51. The van der Waals surface area contributed by atoms with Crippen molar-refractivity contribution < 1.29 is 4.74 Å². The highest BCUT2D eigenvalue weighted by atomic mass is 35.5. The maximum atomic E-state index is 5.97. The summed E-state index contributed by atoms with van der Waals surface area (Å²) in [5, 5.41) is 4.69. The van der Waals surface area contributed by atoms with Crippen LogP contribution >= 0.6 is 22.9 Å². The lowest BCUT2D eigenvalue weighted by molar-refractivity contribution is 0.0247. The highest BCUT2D eigenvalue weighted by Crippen LogP contribution is 2.29. The zero-order valence-corrected chi connectivity index (χ0v) is 12.4. The Bertz CT molecular complexity index is 581. The molecule has 1 aliphatic heterocycles. The van der Waals surface area contributed by atoms with Gasteiger partial charge in [-0.1, -0.05) is 0 Å². The van der Waals surface area contributed by atoms with E-state index in [-0.39, 0.29) is 6.10 Å². The van der Waals surface area contributed by atoms with Crippen molar-refractivity contribution in [2.45, 2.75) is 32.3 Å². The van der Waals surface area contributed by atoms with Crippen LogP contribution in [0.4, 0.5) is 5.82 Å². The zero-order chi connectivity index (χ0) is 13.2. The van der Waals surface area contributed by atoms with Crippen molar-refractivity contribution >= 4 is 39.0 Å². The van der Waals surface area contributed by atoms with Crippen LogP contribution in [0.5, 0.6) is 0 Å². The Hall–Kier alpha value is -0.910. The van der Waals surface area contributed by atoms with E-state index >= 15 is 0 Å². The van der Waals surface area contributed by atoms with E-state index in [0.29, 0.717) is 5.28 Å². The van der Waals surface area contributed by atoms with E-state index in [1.165, 1.54) is 17.7 Å². The second kappa shape index (κ2) is 5.61. The van der Waals surface area contributed by atoms with Crippen LogP contribution in [-0.2, 0) is 4.74 Å². The molecule has 0 aliphatic carbocycles. The van der Waals surface area contributed by atoms with Gasteiger partial charge in [-0.05, 0) is 43.9 Å². The molecule has 0 spiro atoms. The van der Waals surface area contributed by atoms with E-state index in [2.05, 4.69) is 28.3 Å². The van der Waals surface area contributed by atoms with Gasteiger partial charge in [-0.15, -0.1) is 11.3 Å². The molecule has 0 radical (unpaired) electrons. The molecule has 1 aliphatic rings. The van der Waals surface area contributed by atoms with Gasteiger partial charge >= 0.3 is 0 Å². The Kier molecular flexibility index (Phi) is 3.86. The molecule has 0 saturated carbocycles. The van der Waals surface area contributed by atoms with Gasteiger partial charge in [0.05, 0.1) is 11.5 Å². The minimum absolute atomic E-state index is 0.275. The van der Waals surface area contributed by atoms with Crippen LogP contribution in [0.15, 0.2) is 6.07 Å². The number of rotatable bonds is 3. The second-order valence-corrected chi connectivity index (χ2v) is 6.36. The first-order chi connectivity index (χ1) is 9.22. The van der Waals surface area contributed by atoms with E-state index in [1.807, 2.05) is 0 Å². The number of halogens is 1. The molecule has 1 unspecified atom stereocenters. The molecule has 0 bridgehead atoms. The molecule has 3 heterocycles. The van der Waals surface area contributed by atoms with Crippen molar-refractivity contribution in [1.82, 2.24) is 9.97 Å². The SMILES string of the molecule is Cc1cc2c(NCC3CCCCO3)nc(Cl)nc2s1. The third kappa shape index (κ3) is 2.99. The molecule has 3 rings (SSSR count). The summed E-state index contributed by atoms with van der Waals surface area (Å²) in [5.74, 6) is 0.813. The fraction of sp³-hybridized carbons (Fsp3) is 0.538. The largest absolute Gasteiger partial charge is 0.376 e. The second-order valence-electron chi connectivity index (χ2n) is 4.79. The van der Waals surface area contributed by atoms with Gasteiger partial charge in [0.15, 0.2) is 0 Å². The Morgan fingerprint density at radius 3 is 3.16 bits per heavy atom. The predicted molar refractivity (Wildman–Crippen MR) is 79.2 cm³/mol. The molecule has 1 N–H and O–H groups in total. The molecular formula is C13H16ClN3OS. The number of nitrogens with zero attached hydrogens (tertiary/aromatic N) is 2. The van der Waals surface area contributed by atoms with E-state index in [1.54, 1.807) is 11.3 Å². The van der Waals surface area contributed by atoms with Crippen LogP contribution in [0, 0.1) is 6.92 Å². The monoisotopic (exact) mass is 297 g/mol. The third-order valence-electron chi connectivity index (χ3n) is 3.26. The molecular weight excluding hydrogens is 282 g/mol. The number of aromatic nitrogens is 2. The lowest BCUT2D eigenvalue weighted by Crippen LogP contribution is -2.27. The number of fused-ring (bicyclic) bond motifs is 1.